The summed E-state index contributed by atoms with van der Waals surface area (Å²) in [7, 11) is 1.66. The van der Waals surface area contributed by atoms with Gasteiger partial charge in [-0.05, 0) is 54.4 Å². The molecule has 0 radical (unpaired) electrons. The molecule has 26 heavy (non-hydrogen) atoms. The molecule has 0 unspecified atom stereocenters. The Bertz CT molecular complexity index is 1080. The Morgan fingerprint density at radius 1 is 0.923 bits per heavy atom. The lowest BCUT2D eigenvalue weighted by atomic mass is 10.0. The van der Waals surface area contributed by atoms with Crippen LogP contribution in [-0.4, -0.2) is 22.4 Å². The van der Waals surface area contributed by atoms with Crippen molar-refractivity contribution in [2.75, 3.05) is 7.11 Å². The van der Waals surface area contributed by atoms with Gasteiger partial charge in [-0.2, -0.15) is 0 Å². The highest BCUT2D eigenvalue weighted by Crippen LogP contribution is 2.26. The average Bonchev–Trinajstić information content (AvgIpc) is 3.11. The summed E-state index contributed by atoms with van der Waals surface area (Å²) < 4.78 is 7.29. The quantitative estimate of drug-likeness (QED) is 0.495. The first-order chi connectivity index (χ1) is 12.7. The topological polar surface area (TPSA) is 44.1 Å². The maximum absolute atomic E-state index is 11.5. The number of benzene rings is 3. The van der Waals surface area contributed by atoms with E-state index in [1.807, 2.05) is 60.9 Å². The minimum atomic E-state index is 0.0737. The summed E-state index contributed by atoms with van der Waals surface area (Å²) in [6.45, 7) is 1.58. The third-order valence-corrected chi connectivity index (χ3v) is 4.52. The molecule has 128 valence electrons. The van der Waals surface area contributed by atoms with Crippen LogP contribution in [0.25, 0.3) is 27.8 Å². The van der Waals surface area contributed by atoms with Gasteiger partial charge in [0.2, 0.25) is 0 Å². The SMILES string of the molecule is COc1ccc(-n2cnc3ccc(-c4ccc(C(C)=O)cc4)cc32)cc1. The van der Waals surface area contributed by atoms with Crippen LogP contribution in [0.2, 0.25) is 0 Å². The molecule has 0 bridgehead atoms. The van der Waals surface area contributed by atoms with Crippen LogP contribution in [0.1, 0.15) is 17.3 Å². The maximum atomic E-state index is 11.5. The van der Waals surface area contributed by atoms with Crippen molar-refractivity contribution in [1.82, 2.24) is 9.55 Å². The molecule has 0 atom stereocenters. The normalized spacial score (nSPS) is 10.8. The number of ketones is 1. The molecule has 3 aromatic carbocycles. The Morgan fingerprint density at radius 3 is 2.27 bits per heavy atom. The van der Waals surface area contributed by atoms with Gasteiger partial charge in [0.05, 0.1) is 18.1 Å². The summed E-state index contributed by atoms with van der Waals surface area (Å²) in [5.74, 6) is 0.897. The molecule has 4 aromatic rings. The molecule has 0 fully saturated rings. The van der Waals surface area contributed by atoms with E-state index in [0.717, 1.165) is 39.2 Å². The Balaban J connectivity index is 1.77. The number of ether oxygens (including phenoxy) is 1. The van der Waals surface area contributed by atoms with E-state index in [4.69, 9.17) is 4.74 Å². The second-order valence-electron chi connectivity index (χ2n) is 6.15. The Morgan fingerprint density at radius 2 is 1.62 bits per heavy atom. The van der Waals surface area contributed by atoms with Crippen molar-refractivity contribution < 1.29 is 9.53 Å². The van der Waals surface area contributed by atoms with Gasteiger partial charge in [-0.25, -0.2) is 4.98 Å². The van der Waals surface area contributed by atoms with Gasteiger partial charge < -0.3 is 4.74 Å². The van der Waals surface area contributed by atoms with Crippen LogP contribution in [0.3, 0.4) is 0 Å². The van der Waals surface area contributed by atoms with E-state index in [2.05, 4.69) is 21.7 Å². The van der Waals surface area contributed by atoms with Gasteiger partial charge in [-0.1, -0.05) is 30.3 Å². The summed E-state index contributed by atoms with van der Waals surface area (Å²) in [6.07, 6.45) is 1.83. The van der Waals surface area contributed by atoms with Gasteiger partial charge in [0.25, 0.3) is 0 Å². The van der Waals surface area contributed by atoms with E-state index in [1.54, 1.807) is 14.0 Å². The lowest BCUT2D eigenvalue weighted by Gasteiger charge is -2.08. The van der Waals surface area contributed by atoms with Crippen LogP contribution in [0.15, 0.2) is 73.1 Å². The fourth-order valence-corrected chi connectivity index (χ4v) is 3.03. The maximum Gasteiger partial charge on any atom is 0.159 e. The molecule has 4 heteroatoms. The fraction of sp³-hybridized carbons (Fsp3) is 0.0909. The van der Waals surface area contributed by atoms with Gasteiger partial charge in [0.15, 0.2) is 5.78 Å². The number of Topliss-reactive ketones (excluding diaryl/α,β-unsaturated/α-hetero) is 1. The first-order valence-corrected chi connectivity index (χ1v) is 8.38. The molecule has 4 nitrogen and oxygen atoms in total. The molecule has 1 aromatic heterocycles. The summed E-state index contributed by atoms with van der Waals surface area (Å²) >= 11 is 0. The monoisotopic (exact) mass is 342 g/mol. The van der Waals surface area contributed by atoms with Gasteiger partial charge in [-0.15, -0.1) is 0 Å². The highest BCUT2D eigenvalue weighted by Gasteiger charge is 2.08. The van der Waals surface area contributed by atoms with Crippen molar-refractivity contribution in [2.24, 2.45) is 0 Å². The van der Waals surface area contributed by atoms with Crippen molar-refractivity contribution in [3.8, 4) is 22.6 Å². The van der Waals surface area contributed by atoms with E-state index in [1.165, 1.54) is 0 Å². The Labute approximate surface area is 151 Å². The number of hydrogen-bond acceptors (Lipinski definition) is 3. The highest BCUT2D eigenvalue weighted by molar-refractivity contribution is 5.94. The number of nitrogens with zero attached hydrogens (tertiary/aromatic N) is 2. The number of imidazole rings is 1. The summed E-state index contributed by atoms with van der Waals surface area (Å²) in [4.78, 5) is 16.0. The first-order valence-electron chi connectivity index (χ1n) is 8.38. The fourth-order valence-electron chi connectivity index (χ4n) is 3.03. The van der Waals surface area contributed by atoms with Crippen LogP contribution in [-0.2, 0) is 0 Å². The molecule has 4 rings (SSSR count). The molecular weight excluding hydrogens is 324 g/mol. The molecule has 0 aliphatic heterocycles. The van der Waals surface area contributed by atoms with Crippen molar-refractivity contribution >= 4 is 16.8 Å². The zero-order chi connectivity index (χ0) is 18.1. The average molecular weight is 342 g/mol. The van der Waals surface area contributed by atoms with E-state index in [9.17, 15) is 4.79 Å². The van der Waals surface area contributed by atoms with Gasteiger partial charge in [-0.3, -0.25) is 9.36 Å². The van der Waals surface area contributed by atoms with Crippen LogP contribution in [0.4, 0.5) is 0 Å². The van der Waals surface area contributed by atoms with Gasteiger partial charge in [0, 0.05) is 11.3 Å². The molecule has 0 saturated heterocycles. The molecule has 0 aliphatic carbocycles. The van der Waals surface area contributed by atoms with Crippen molar-refractivity contribution in [1.29, 1.82) is 0 Å². The number of methoxy groups -OCH3 is 1. The summed E-state index contributed by atoms with van der Waals surface area (Å²) in [5, 5.41) is 0. The molecule has 0 aliphatic rings. The second kappa shape index (κ2) is 6.48. The van der Waals surface area contributed by atoms with Crippen LogP contribution in [0, 0.1) is 0 Å². The van der Waals surface area contributed by atoms with Crippen molar-refractivity contribution in [3.05, 3.63) is 78.6 Å². The molecule has 0 amide bonds. The van der Waals surface area contributed by atoms with Crippen LogP contribution < -0.4 is 4.74 Å². The molecule has 0 N–H and O–H groups in total. The summed E-state index contributed by atoms with van der Waals surface area (Å²) in [5.41, 5.74) is 5.87. The smallest absolute Gasteiger partial charge is 0.159 e. The van der Waals surface area contributed by atoms with Crippen molar-refractivity contribution in [2.45, 2.75) is 6.92 Å². The minimum absolute atomic E-state index is 0.0737. The Kier molecular flexibility index (Phi) is 4.01. The number of hydrogen-bond donors (Lipinski definition) is 0. The molecule has 0 spiro atoms. The number of rotatable bonds is 4. The van der Waals surface area contributed by atoms with Gasteiger partial charge in [0.1, 0.15) is 12.1 Å². The molecular formula is C22H18N2O2. The standard InChI is InChI=1S/C22H18N2O2/c1-15(25)16-3-5-17(6-4-16)18-7-12-21-22(13-18)24(14-23-21)19-8-10-20(26-2)11-9-19/h3-14H,1-2H3. The van der Waals surface area contributed by atoms with E-state index in [-0.39, 0.29) is 5.78 Å². The predicted octanol–water partition coefficient (Wildman–Crippen LogP) is 4.90. The number of aromatic nitrogens is 2. The molecule has 0 saturated carbocycles. The zero-order valence-corrected chi connectivity index (χ0v) is 14.6. The van der Waals surface area contributed by atoms with Crippen LogP contribution in [0.5, 0.6) is 5.75 Å². The van der Waals surface area contributed by atoms with Crippen molar-refractivity contribution in [3.63, 3.8) is 0 Å². The largest absolute Gasteiger partial charge is 0.497 e. The number of fused-ring (bicyclic) bond motifs is 1. The third kappa shape index (κ3) is 2.86. The minimum Gasteiger partial charge on any atom is -0.497 e. The highest BCUT2D eigenvalue weighted by atomic mass is 16.5. The zero-order valence-electron chi connectivity index (χ0n) is 14.6. The Hall–Kier alpha value is -3.40. The van der Waals surface area contributed by atoms with E-state index < -0.39 is 0 Å². The molecule has 1 heterocycles. The summed E-state index contributed by atoms with van der Waals surface area (Å²) in [6, 6.07) is 21.8. The first kappa shape index (κ1) is 16.1. The number of carbonyl (C=O) groups excluding carboxylic acids is 1. The lowest BCUT2D eigenvalue weighted by Crippen LogP contribution is -1.93. The van der Waals surface area contributed by atoms with Gasteiger partial charge >= 0.3 is 0 Å². The van der Waals surface area contributed by atoms with E-state index in [0.29, 0.717) is 0 Å². The van der Waals surface area contributed by atoms with E-state index >= 15 is 0 Å². The number of carbonyl (C=O) groups is 1. The second-order valence-corrected chi connectivity index (χ2v) is 6.15. The third-order valence-electron chi connectivity index (χ3n) is 4.52. The van der Waals surface area contributed by atoms with Crippen LogP contribution >= 0.6 is 0 Å². The predicted molar refractivity (Wildman–Crippen MR) is 103 cm³/mol. The lowest BCUT2D eigenvalue weighted by molar-refractivity contribution is 0.101.